The van der Waals surface area contributed by atoms with Crippen molar-refractivity contribution in [2.24, 2.45) is 0 Å². The molecule has 138 valence electrons. The Morgan fingerprint density at radius 1 is 0.962 bits per heavy atom. The molecule has 0 spiro atoms. The molecule has 3 amide bonds. The number of hydrazine groups is 1. The highest BCUT2D eigenvalue weighted by molar-refractivity contribution is 9.10. The molecule has 0 unspecified atom stereocenters. The number of halogens is 1. The van der Waals surface area contributed by atoms with Gasteiger partial charge >= 0.3 is 0 Å². The molecule has 0 fully saturated rings. The van der Waals surface area contributed by atoms with Gasteiger partial charge in [0, 0.05) is 5.56 Å². The Kier molecular flexibility index (Phi) is 6.20. The van der Waals surface area contributed by atoms with Gasteiger partial charge in [0.15, 0.2) is 10.4 Å². The van der Waals surface area contributed by atoms with Crippen LogP contribution in [0.25, 0.3) is 0 Å². The van der Waals surface area contributed by atoms with Crippen LogP contribution in [0.1, 0.15) is 47.2 Å². The highest BCUT2D eigenvalue weighted by atomic mass is 79.9. The molecule has 0 saturated heterocycles. The van der Waals surface area contributed by atoms with E-state index in [1.807, 2.05) is 12.1 Å². The molecule has 0 radical (unpaired) electrons. The van der Waals surface area contributed by atoms with Gasteiger partial charge in [-0.1, -0.05) is 32.9 Å². The quantitative estimate of drug-likeness (QED) is 0.660. The fraction of sp³-hybridized carbons (Fsp3) is 0.278. The molecule has 8 heteroatoms. The standard InChI is InChI=1S/C18H20BrN3O4/c1-18(2,3)12-6-4-11(5-7-12)16(24)22-21-15(23)10-20-17(25)13-8-9-14(19)26-13/h4-9H,10H2,1-3H3,(H,20,25)(H,21,23)(H,22,24). The fourth-order valence-electron chi connectivity index (χ4n) is 2.05. The number of carbonyl (C=O) groups is 3. The molecule has 0 aliphatic heterocycles. The first-order valence-electron chi connectivity index (χ1n) is 7.90. The highest BCUT2D eigenvalue weighted by Gasteiger charge is 2.15. The molecule has 2 rings (SSSR count). The molecule has 3 N–H and O–H groups in total. The van der Waals surface area contributed by atoms with Crippen molar-refractivity contribution in [3.63, 3.8) is 0 Å². The van der Waals surface area contributed by atoms with Gasteiger partial charge in [0.1, 0.15) is 0 Å². The van der Waals surface area contributed by atoms with E-state index >= 15 is 0 Å². The molecule has 0 bridgehead atoms. The zero-order valence-electron chi connectivity index (χ0n) is 14.7. The highest BCUT2D eigenvalue weighted by Crippen LogP contribution is 2.22. The number of carbonyl (C=O) groups excluding carboxylic acids is 3. The van der Waals surface area contributed by atoms with Gasteiger partial charge in [-0.3, -0.25) is 25.2 Å². The van der Waals surface area contributed by atoms with E-state index < -0.39 is 17.7 Å². The molecule has 7 nitrogen and oxygen atoms in total. The van der Waals surface area contributed by atoms with Crippen LogP contribution >= 0.6 is 15.9 Å². The number of amides is 3. The predicted molar refractivity (Wildman–Crippen MR) is 99.5 cm³/mol. The van der Waals surface area contributed by atoms with Crippen molar-refractivity contribution in [1.82, 2.24) is 16.2 Å². The Balaban J connectivity index is 1.79. The summed E-state index contributed by atoms with van der Waals surface area (Å²) in [5.41, 5.74) is 6.06. The van der Waals surface area contributed by atoms with Crippen LogP contribution in [0.3, 0.4) is 0 Å². The Morgan fingerprint density at radius 3 is 2.15 bits per heavy atom. The molecule has 0 saturated carbocycles. The van der Waals surface area contributed by atoms with Gasteiger partial charge in [-0.15, -0.1) is 0 Å². The summed E-state index contributed by atoms with van der Waals surface area (Å²) in [6.45, 7) is 5.94. The molecular formula is C18H20BrN3O4. The van der Waals surface area contributed by atoms with Gasteiger partial charge in [-0.2, -0.15) is 0 Å². The fourth-order valence-corrected chi connectivity index (χ4v) is 2.35. The maximum absolute atomic E-state index is 12.0. The van der Waals surface area contributed by atoms with Crippen LogP contribution in [0, 0.1) is 0 Å². The van der Waals surface area contributed by atoms with E-state index in [1.165, 1.54) is 6.07 Å². The van der Waals surface area contributed by atoms with Crippen LogP contribution in [0.5, 0.6) is 0 Å². The molecule has 0 aliphatic rings. The van der Waals surface area contributed by atoms with Crippen LogP contribution in [0.2, 0.25) is 0 Å². The summed E-state index contributed by atoms with van der Waals surface area (Å²) in [7, 11) is 0. The lowest BCUT2D eigenvalue weighted by Gasteiger charge is -2.19. The Morgan fingerprint density at radius 2 is 1.62 bits per heavy atom. The van der Waals surface area contributed by atoms with Crippen molar-refractivity contribution < 1.29 is 18.8 Å². The number of rotatable bonds is 4. The third-order valence-electron chi connectivity index (χ3n) is 3.54. The maximum Gasteiger partial charge on any atom is 0.287 e. The zero-order chi connectivity index (χ0) is 19.3. The van der Waals surface area contributed by atoms with Crippen molar-refractivity contribution in [3.05, 3.63) is 58.0 Å². The summed E-state index contributed by atoms with van der Waals surface area (Å²) in [5, 5.41) is 2.38. The number of hydrogen-bond donors (Lipinski definition) is 3. The average molecular weight is 422 g/mol. The van der Waals surface area contributed by atoms with Gasteiger partial charge in [0.25, 0.3) is 17.7 Å². The normalized spacial score (nSPS) is 10.9. The lowest BCUT2D eigenvalue weighted by atomic mass is 9.87. The van der Waals surface area contributed by atoms with Crippen LogP contribution in [-0.2, 0) is 10.2 Å². The minimum absolute atomic E-state index is 0.00892. The maximum atomic E-state index is 12.0. The van der Waals surface area contributed by atoms with Crippen molar-refractivity contribution in [3.8, 4) is 0 Å². The summed E-state index contributed by atoms with van der Waals surface area (Å²) in [6.07, 6.45) is 0. The van der Waals surface area contributed by atoms with Crippen molar-refractivity contribution >= 4 is 33.7 Å². The summed E-state index contributed by atoms with van der Waals surface area (Å²) in [6, 6.07) is 10.2. The zero-order valence-corrected chi connectivity index (χ0v) is 16.3. The number of furan rings is 1. The third kappa shape index (κ3) is 5.45. The minimum atomic E-state index is -0.566. The van der Waals surface area contributed by atoms with E-state index in [0.717, 1.165) is 5.56 Å². The van der Waals surface area contributed by atoms with Crippen molar-refractivity contribution in [2.45, 2.75) is 26.2 Å². The van der Waals surface area contributed by atoms with E-state index in [4.69, 9.17) is 4.42 Å². The second-order valence-corrected chi connectivity index (χ2v) is 7.40. The Bertz CT molecular complexity index is 807. The molecule has 2 aromatic rings. The van der Waals surface area contributed by atoms with E-state index in [-0.39, 0.29) is 17.7 Å². The molecular weight excluding hydrogens is 402 g/mol. The van der Waals surface area contributed by atoms with Crippen LogP contribution < -0.4 is 16.2 Å². The first-order valence-corrected chi connectivity index (χ1v) is 8.69. The molecule has 0 atom stereocenters. The molecule has 1 aromatic heterocycles. The van der Waals surface area contributed by atoms with Gasteiger partial charge in [0.2, 0.25) is 0 Å². The number of benzene rings is 1. The lowest BCUT2D eigenvalue weighted by molar-refractivity contribution is -0.120. The van der Waals surface area contributed by atoms with E-state index in [9.17, 15) is 14.4 Å². The first kappa shape index (κ1) is 19.7. The number of hydrogen-bond acceptors (Lipinski definition) is 4. The van der Waals surface area contributed by atoms with Crippen LogP contribution in [0.15, 0.2) is 45.5 Å². The summed E-state index contributed by atoms with van der Waals surface area (Å²) in [5.74, 6) is -1.47. The summed E-state index contributed by atoms with van der Waals surface area (Å²) in [4.78, 5) is 35.5. The van der Waals surface area contributed by atoms with Gasteiger partial charge < -0.3 is 9.73 Å². The second kappa shape index (κ2) is 8.18. The van der Waals surface area contributed by atoms with Gasteiger partial charge in [0.05, 0.1) is 6.54 Å². The third-order valence-corrected chi connectivity index (χ3v) is 3.96. The minimum Gasteiger partial charge on any atom is -0.444 e. The lowest BCUT2D eigenvalue weighted by Crippen LogP contribution is -2.46. The monoisotopic (exact) mass is 421 g/mol. The van der Waals surface area contributed by atoms with Crippen LogP contribution in [-0.4, -0.2) is 24.3 Å². The Labute approximate surface area is 159 Å². The topological polar surface area (TPSA) is 100 Å². The second-order valence-electron chi connectivity index (χ2n) is 6.62. The van der Waals surface area contributed by atoms with Crippen LogP contribution in [0.4, 0.5) is 0 Å². The average Bonchev–Trinajstić information content (AvgIpc) is 3.03. The Hall–Kier alpha value is -2.61. The molecule has 26 heavy (non-hydrogen) atoms. The van der Waals surface area contributed by atoms with E-state index in [0.29, 0.717) is 10.2 Å². The SMILES string of the molecule is CC(C)(C)c1ccc(C(=O)NNC(=O)CNC(=O)c2ccc(Br)o2)cc1. The largest absolute Gasteiger partial charge is 0.444 e. The first-order chi connectivity index (χ1) is 12.2. The summed E-state index contributed by atoms with van der Waals surface area (Å²) < 4.78 is 5.48. The van der Waals surface area contributed by atoms with Gasteiger partial charge in [-0.25, -0.2) is 0 Å². The molecule has 0 aliphatic carbocycles. The molecule has 1 aromatic carbocycles. The summed E-state index contributed by atoms with van der Waals surface area (Å²) >= 11 is 3.09. The van der Waals surface area contributed by atoms with E-state index in [2.05, 4.69) is 52.9 Å². The van der Waals surface area contributed by atoms with E-state index in [1.54, 1.807) is 18.2 Å². The smallest absolute Gasteiger partial charge is 0.287 e. The van der Waals surface area contributed by atoms with Crippen molar-refractivity contribution in [2.75, 3.05) is 6.54 Å². The van der Waals surface area contributed by atoms with Gasteiger partial charge in [-0.05, 0) is 51.2 Å². The molecule has 1 heterocycles. The van der Waals surface area contributed by atoms with Crippen molar-refractivity contribution in [1.29, 1.82) is 0 Å². The number of nitrogens with one attached hydrogen (secondary N) is 3. The predicted octanol–water partition coefficient (Wildman–Crippen LogP) is 2.53.